The first-order chi connectivity index (χ1) is 8.56. The Balaban J connectivity index is 1.99. The van der Waals surface area contributed by atoms with Gasteiger partial charge < -0.3 is 5.32 Å². The molecule has 1 aromatic carbocycles. The molecule has 1 aromatic rings. The average Bonchev–Trinajstić information content (AvgIpc) is 2.26. The van der Waals surface area contributed by atoms with Crippen LogP contribution in [0.25, 0.3) is 0 Å². The number of nitrogens with zero attached hydrogens (tertiary/aromatic N) is 1. The molecule has 18 heavy (non-hydrogen) atoms. The van der Waals surface area contributed by atoms with Crippen LogP contribution in [0.5, 0.6) is 0 Å². The van der Waals surface area contributed by atoms with Crippen LogP contribution in [0.1, 0.15) is 38.2 Å². The summed E-state index contributed by atoms with van der Waals surface area (Å²) < 4.78 is 0. The second-order valence-electron chi connectivity index (χ2n) is 5.34. The smallest absolute Gasteiger partial charge is 0.274 e. The average molecular weight is 248 g/mol. The van der Waals surface area contributed by atoms with Crippen LogP contribution in [-0.2, 0) is 0 Å². The van der Waals surface area contributed by atoms with Crippen molar-refractivity contribution in [3.05, 3.63) is 33.9 Å². The van der Waals surface area contributed by atoms with Crippen molar-refractivity contribution in [2.45, 2.75) is 45.6 Å². The number of rotatable bonds is 5. The zero-order valence-electron chi connectivity index (χ0n) is 11.0. The molecule has 0 aliphatic heterocycles. The summed E-state index contributed by atoms with van der Waals surface area (Å²) in [6, 6.07) is 5.72. The van der Waals surface area contributed by atoms with Gasteiger partial charge in [-0.3, -0.25) is 10.1 Å². The van der Waals surface area contributed by atoms with Crippen LogP contribution < -0.4 is 5.32 Å². The van der Waals surface area contributed by atoms with Crippen molar-refractivity contribution in [3.8, 4) is 0 Å². The van der Waals surface area contributed by atoms with Gasteiger partial charge in [-0.1, -0.05) is 25.3 Å². The Morgan fingerprint density at radius 2 is 2.22 bits per heavy atom. The SMILES string of the molecule is Cc1ccc(NC(C)CC2CCC2)cc1[N+](=O)[O-]. The molecule has 1 N–H and O–H groups in total. The highest BCUT2D eigenvalue weighted by Crippen LogP contribution is 2.31. The lowest BCUT2D eigenvalue weighted by atomic mass is 9.81. The van der Waals surface area contributed by atoms with Crippen LogP contribution in [0.4, 0.5) is 11.4 Å². The lowest BCUT2D eigenvalue weighted by molar-refractivity contribution is -0.385. The van der Waals surface area contributed by atoms with Crippen LogP contribution in [0.2, 0.25) is 0 Å². The number of hydrogen-bond donors (Lipinski definition) is 1. The molecule has 1 unspecified atom stereocenters. The molecule has 0 heterocycles. The Labute approximate surface area is 108 Å². The van der Waals surface area contributed by atoms with E-state index in [0.717, 1.165) is 18.0 Å². The minimum absolute atomic E-state index is 0.191. The van der Waals surface area contributed by atoms with Crippen LogP contribution in [0.15, 0.2) is 18.2 Å². The quantitative estimate of drug-likeness (QED) is 0.635. The highest BCUT2D eigenvalue weighted by Gasteiger charge is 2.20. The maximum atomic E-state index is 10.9. The van der Waals surface area contributed by atoms with Crippen LogP contribution >= 0.6 is 0 Å². The molecule has 1 aliphatic rings. The molecular formula is C14H20N2O2. The first-order valence-electron chi connectivity index (χ1n) is 6.58. The topological polar surface area (TPSA) is 55.2 Å². The van der Waals surface area contributed by atoms with E-state index in [9.17, 15) is 10.1 Å². The molecular weight excluding hydrogens is 228 g/mol. The Bertz CT molecular complexity index is 441. The summed E-state index contributed by atoms with van der Waals surface area (Å²) in [6.07, 6.45) is 5.18. The van der Waals surface area contributed by atoms with Gasteiger partial charge in [-0.15, -0.1) is 0 Å². The fraction of sp³-hybridized carbons (Fsp3) is 0.571. The normalized spacial score (nSPS) is 17.0. The first-order valence-corrected chi connectivity index (χ1v) is 6.58. The molecule has 0 aromatic heterocycles. The van der Waals surface area contributed by atoms with E-state index in [1.807, 2.05) is 6.07 Å². The largest absolute Gasteiger partial charge is 0.382 e. The summed E-state index contributed by atoms with van der Waals surface area (Å²) in [7, 11) is 0. The van der Waals surface area contributed by atoms with Crippen LogP contribution in [0, 0.1) is 23.0 Å². The molecule has 1 saturated carbocycles. The lowest BCUT2D eigenvalue weighted by Gasteiger charge is -2.28. The number of aryl methyl sites for hydroxylation is 1. The predicted molar refractivity (Wildman–Crippen MR) is 72.9 cm³/mol. The molecule has 4 nitrogen and oxygen atoms in total. The second-order valence-corrected chi connectivity index (χ2v) is 5.34. The van der Waals surface area contributed by atoms with E-state index in [1.165, 1.54) is 19.3 Å². The van der Waals surface area contributed by atoms with Crippen LogP contribution in [-0.4, -0.2) is 11.0 Å². The monoisotopic (exact) mass is 248 g/mol. The highest BCUT2D eigenvalue weighted by molar-refractivity contribution is 5.55. The Morgan fingerprint density at radius 3 is 2.78 bits per heavy atom. The Kier molecular flexibility index (Phi) is 3.84. The molecule has 2 rings (SSSR count). The lowest BCUT2D eigenvalue weighted by Crippen LogP contribution is -2.23. The number of nitro groups is 1. The highest BCUT2D eigenvalue weighted by atomic mass is 16.6. The van der Waals surface area contributed by atoms with Gasteiger partial charge in [0.05, 0.1) is 4.92 Å². The van der Waals surface area contributed by atoms with Crippen molar-refractivity contribution in [1.29, 1.82) is 0 Å². The van der Waals surface area contributed by atoms with Crippen molar-refractivity contribution < 1.29 is 4.92 Å². The number of anilines is 1. The molecule has 0 saturated heterocycles. The van der Waals surface area contributed by atoms with Gasteiger partial charge in [0.2, 0.25) is 0 Å². The second kappa shape index (κ2) is 5.38. The van der Waals surface area contributed by atoms with Crippen molar-refractivity contribution in [2.24, 2.45) is 5.92 Å². The third-order valence-electron chi connectivity index (χ3n) is 3.73. The van der Waals surface area contributed by atoms with Crippen LogP contribution in [0.3, 0.4) is 0 Å². The molecule has 4 heteroatoms. The fourth-order valence-electron chi connectivity index (χ4n) is 2.47. The predicted octanol–water partition coefficient (Wildman–Crippen LogP) is 3.89. The summed E-state index contributed by atoms with van der Waals surface area (Å²) in [5.74, 6) is 0.841. The van der Waals surface area contributed by atoms with Gasteiger partial charge in [-0.05, 0) is 32.3 Å². The third kappa shape index (κ3) is 3.00. The molecule has 1 atom stereocenters. The van der Waals surface area contributed by atoms with Gasteiger partial charge in [-0.2, -0.15) is 0 Å². The van der Waals surface area contributed by atoms with E-state index >= 15 is 0 Å². The van der Waals surface area contributed by atoms with Crippen molar-refractivity contribution >= 4 is 11.4 Å². The zero-order valence-corrected chi connectivity index (χ0v) is 11.0. The molecule has 0 spiro atoms. The fourth-order valence-corrected chi connectivity index (χ4v) is 2.47. The summed E-state index contributed by atoms with van der Waals surface area (Å²) in [4.78, 5) is 10.5. The Morgan fingerprint density at radius 1 is 1.50 bits per heavy atom. The molecule has 1 aliphatic carbocycles. The van der Waals surface area contributed by atoms with Gasteiger partial charge in [0, 0.05) is 23.4 Å². The third-order valence-corrected chi connectivity index (χ3v) is 3.73. The van der Waals surface area contributed by atoms with E-state index in [-0.39, 0.29) is 10.6 Å². The molecule has 1 fully saturated rings. The molecule has 0 radical (unpaired) electrons. The van der Waals surface area contributed by atoms with E-state index in [1.54, 1.807) is 19.1 Å². The number of nitrogens with one attached hydrogen (secondary N) is 1. The van der Waals surface area contributed by atoms with Crippen molar-refractivity contribution in [3.63, 3.8) is 0 Å². The van der Waals surface area contributed by atoms with E-state index in [2.05, 4.69) is 12.2 Å². The molecule has 98 valence electrons. The molecule has 0 amide bonds. The van der Waals surface area contributed by atoms with Gasteiger partial charge >= 0.3 is 0 Å². The first kappa shape index (κ1) is 12.9. The number of nitro benzene ring substituents is 1. The van der Waals surface area contributed by atoms with Gasteiger partial charge in [0.1, 0.15) is 0 Å². The number of benzene rings is 1. The summed E-state index contributed by atoms with van der Waals surface area (Å²) in [5, 5.41) is 14.2. The number of hydrogen-bond acceptors (Lipinski definition) is 3. The van der Waals surface area contributed by atoms with E-state index in [0.29, 0.717) is 11.6 Å². The van der Waals surface area contributed by atoms with E-state index in [4.69, 9.17) is 0 Å². The maximum absolute atomic E-state index is 10.9. The standard InChI is InChI=1S/C14H20N2O2/c1-10-6-7-13(9-14(10)16(17)18)15-11(2)8-12-4-3-5-12/h6-7,9,11-12,15H,3-5,8H2,1-2H3. The summed E-state index contributed by atoms with van der Waals surface area (Å²) >= 11 is 0. The minimum atomic E-state index is -0.322. The summed E-state index contributed by atoms with van der Waals surface area (Å²) in [6.45, 7) is 3.91. The van der Waals surface area contributed by atoms with Crippen molar-refractivity contribution in [2.75, 3.05) is 5.32 Å². The van der Waals surface area contributed by atoms with E-state index < -0.39 is 0 Å². The van der Waals surface area contributed by atoms with Gasteiger partial charge in [0.25, 0.3) is 5.69 Å². The van der Waals surface area contributed by atoms with Gasteiger partial charge in [-0.25, -0.2) is 0 Å². The van der Waals surface area contributed by atoms with Crippen molar-refractivity contribution in [1.82, 2.24) is 0 Å². The minimum Gasteiger partial charge on any atom is -0.382 e. The maximum Gasteiger partial charge on any atom is 0.274 e. The molecule has 0 bridgehead atoms. The zero-order chi connectivity index (χ0) is 13.1. The summed E-state index contributed by atoms with van der Waals surface area (Å²) in [5.41, 5.74) is 1.74. The Hall–Kier alpha value is -1.58. The van der Waals surface area contributed by atoms with Gasteiger partial charge in [0.15, 0.2) is 0 Å².